The van der Waals surface area contributed by atoms with Crippen LogP contribution in [0, 0.1) is 24.1 Å². The van der Waals surface area contributed by atoms with E-state index in [2.05, 4.69) is 15.5 Å². The molecule has 1 fully saturated rings. The molecule has 9 nitrogen and oxygen atoms in total. The first-order valence-corrected chi connectivity index (χ1v) is 12.1. The second-order valence-electron chi connectivity index (χ2n) is 10.0. The molecular weight excluding hydrogens is 496 g/mol. The van der Waals surface area contributed by atoms with Crippen LogP contribution in [0.2, 0.25) is 0 Å². The molecule has 38 heavy (non-hydrogen) atoms. The number of likely N-dealkylation sites (tertiary alicyclic amines) is 1. The molecule has 2 aliphatic heterocycles. The number of para-hydroxylation sites is 1. The Morgan fingerprint density at radius 1 is 1.24 bits per heavy atom. The van der Waals surface area contributed by atoms with Crippen LogP contribution in [0.4, 0.5) is 20.2 Å². The lowest BCUT2D eigenvalue weighted by atomic mass is 9.80. The minimum absolute atomic E-state index is 0.0503. The number of carbonyl (C=O) groups is 4. The molecule has 11 heteroatoms. The highest BCUT2D eigenvalue weighted by Gasteiger charge is 2.59. The van der Waals surface area contributed by atoms with Crippen molar-refractivity contribution in [3.05, 3.63) is 71.1 Å². The lowest BCUT2D eigenvalue weighted by Gasteiger charge is -2.31. The zero-order chi connectivity index (χ0) is 27.8. The Hall–Kier alpha value is -4.33. The van der Waals surface area contributed by atoms with Gasteiger partial charge in [0.2, 0.25) is 5.91 Å². The van der Waals surface area contributed by atoms with Gasteiger partial charge in [0.1, 0.15) is 23.1 Å². The smallest absolute Gasteiger partial charge is 0.313 e. The summed E-state index contributed by atoms with van der Waals surface area (Å²) < 4.78 is 27.2. The number of halogens is 2. The van der Waals surface area contributed by atoms with Gasteiger partial charge in [0.15, 0.2) is 0 Å². The molecule has 4 amide bonds. The monoisotopic (exact) mass is 523 g/mol. The van der Waals surface area contributed by atoms with E-state index in [0.29, 0.717) is 17.3 Å². The molecule has 2 N–H and O–H groups in total. The highest BCUT2D eigenvalue weighted by molar-refractivity contribution is 6.39. The third-order valence-corrected chi connectivity index (χ3v) is 7.03. The van der Waals surface area contributed by atoms with Gasteiger partial charge in [0.25, 0.3) is 5.91 Å². The van der Waals surface area contributed by atoms with E-state index in [9.17, 15) is 28.0 Å². The SMILES string of the molecule is [C-]#[N+][C@@H]1C[C@@]2(CN1C(=O)[C@H](CC(C)C)N(C)C(=O)C(=O)Nc1ccc(F)cc1F)C(=O)Nc1ccccc12. The van der Waals surface area contributed by atoms with Gasteiger partial charge in [-0.05, 0) is 36.1 Å². The third kappa shape index (κ3) is 4.69. The van der Waals surface area contributed by atoms with Crippen molar-refractivity contribution in [1.82, 2.24) is 9.80 Å². The number of nitrogens with zero attached hydrogens (tertiary/aromatic N) is 3. The molecular formula is C27H27F2N5O4. The predicted molar refractivity (Wildman–Crippen MR) is 134 cm³/mol. The van der Waals surface area contributed by atoms with Crippen molar-refractivity contribution < 1.29 is 28.0 Å². The van der Waals surface area contributed by atoms with Crippen LogP contribution in [0.5, 0.6) is 0 Å². The first-order chi connectivity index (χ1) is 18.0. The lowest BCUT2D eigenvalue weighted by Crippen LogP contribution is -2.53. The van der Waals surface area contributed by atoms with E-state index in [1.165, 1.54) is 11.9 Å². The molecule has 0 unspecified atom stereocenters. The topological polar surface area (TPSA) is 103 Å². The molecule has 2 aromatic rings. The van der Waals surface area contributed by atoms with E-state index in [1.54, 1.807) is 24.3 Å². The number of benzene rings is 2. The van der Waals surface area contributed by atoms with Crippen LogP contribution in [0.3, 0.4) is 0 Å². The average Bonchev–Trinajstić information content (AvgIpc) is 3.41. The number of fused-ring (bicyclic) bond motifs is 2. The van der Waals surface area contributed by atoms with E-state index >= 15 is 0 Å². The van der Waals surface area contributed by atoms with E-state index in [1.807, 2.05) is 13.8 Å². The average molecular weight is 524 g/mol. The van der Waals surface area contributed by atoms with Crippen LogP contribution >= 0.6 is 0 Å². The normalized spacial score (nSPS) is 20.6. The van der Waals surface area contributed by atoms with Crippen LogP contribution in [-0.4, -0.2) is 59.2 Å². The molecule has 0 bridgehead atoms. The molecule has 2 heterocycles. The first-order valence-electron chi connectivity index (χ1n) is 12.1. The summed E-state index contributed by atoms with van der Waals surface area (Å²) in [6, 6.07) is 8.49. The number of nitrogens with one attached hydrogen (secondary N) is 2. The van der Waals surface area contributed by atoms with Crippen molar-refractivity contribution in [2.24, 2.45) is 5.92 Å². The summed E-state index contributed by atoms with van der Waals surface area (Å²) in [6.07, 6.45) is -0.669. The Labute approximate surface area is 218 Å². The molecule has 0 radical (unpaired) electrons. The molecule has 0 aromatic heterocycles. The molecule has 198 valence electrons. The van der Waals surface area contributed by atoms with Gasteiger partial charge in [-0.15, -0.1) is 0 Å². The number of hydrogen-bond donors (Lipinski definition) is 2. The number of hydrogen-bond acceptors (Lipinski definition) is 4. The number of carbonyl (C=O) groups excluding carboxylic acids is 4. The largest absolute Gasteiger partial charge is 0.325 e. The summed E-state index contributed by atoms with van der Waals surface area (Å²) in [7, 11) is 1.28. The highest BCUT2D eigenvalue weighted by Crippen LogP contribution is 2.47. The fraction of sp³-hybridized carbons (Fsp3) is 0.370. The zero-order valence-electron chi connectivity index (χ0n) is 21.1. The second-order valence-corrected chi connectivity index (χ2v) is 10.0. The minimum Gasteiger partial charge on any atom is -0.325 e. The van der Waals surface area contributed by atoms with Gasteiger partial charge in [0, 0.05) is 25.3 Å². The summed E-state index contributed by atoms with van der Waals surface area (Å²) in [5.41, 5.74) is -0.139. The Kier molecular flexibility index (Phi) is 7.18. The summed E-state index contributed by atoms with van der Waals surface area (Å²) in [4.78, 5) is 58.4. The van der Waals surface area contributed by atoms with Gasteiger partial charge < -0.3 is 15.5 Å². The quantitative estimate of drug-likeness (QED) is 0.464. The van der Waals surface area contributed by atoms with Gasteiger partial charge in [-0.3, -0.25) is 28.9 Å². The maximum atomic E-state index is 14.0. The minimum atomic E-state index is -1.21. The first kappa shape index (κ1) is 26.7. The molecule has 1 saturated heterocycles. The van der Waals surface area contributed by atoms with Crippen LogP contribution in [0.1, 0.15) is 32.3 Å². The fourth-order valence-corrected chi connectivity index (χ4v) is 5.09. The number of rotatable bonds is 5. The van der Waals surface area contributed by atoms with Crippen molar-refractivity contribution in [1.29, 1.82) is 0 Å². The maximum Gasteiger partial charge on any atom is 0.313 e. The van der Waals surface area contributed by atoms with E-state index in [0.717, 1.165) is 17.0 Å². The van der Waals surface area contributed by atoms with Crippen molar-refractivity contribution in [3.63, 3.8) is 0 Å². The lowest BCUT2D eigenvalue weighted by molar-refractivity contribution is -0.149. The van der Waals surface area contributed by atoms with Gasteiger partial charge in [-0.25, -0.2) is 15.4 Å². The van der Waals surface area contributed by atoms with Crippen LogP contribution in [0.15, 0.2) is 42.5 Å². The van der Waals surface area contributed by atoms with Crippen LogP contribution in [-0.2, 0) is 24.6 Å². The maximum absolute atomic E-state index is 14.0. The highest BCUT2D eigenvalue weighted by atomic mass is 19.1. The van der Waals surface area contributed by atoms with Crippen molar-refractivity contribution >= 4 is 35.0 Å². The Morgan fingerprint density at radius 3 is 2.61 bits per heavy atom. The number of likely N-dealkylation sites (N-methyl/N-ethyl adjacent to an activating group) is 1. The van der Waals surface area contributed by atoms with Gasteiger partial charge >= 0.3 is 18.0 Å². The van der Waals surface area contributed by atoms with Gasteiger partial charge in [-0.1, -0.05) is 32.0 Å². The molecule has 4 rings (SSSR count). The molecule has 0 aliphatic carbocycles. The number of amides is 4. The third-order valence-electron chi connectivity index (χ3n) is 7.03. The fourth-order valence-electron chi connectivity index (χ4n) is 5.09. The Morgan fingerprint density at radius 2 is 1.95 bits per heavy atom. The van der Waals surface area contributed by atoms with E-state index in [4.69, 9.17) is 6.57 Å². The predicted octanol–water partition coefficient (Wildman–Crippen LogP) is 3.14. The second kappa shape index (κ2) is 10.2. The number of anilines is 2. The molecule has 1 spiro atoms. The van der Waals surface area contributed by atoms with Gasteiger partial charge in [-0.2, -0.15) is 0 Å². The molecule has 3 atom stereocenters. The van der Waals surface area contributed by atoms with E-state index in [-0.39, 0.29) is 36.9 Å². The van der Waals surface area contributed by atoms with Crippen LogP contribution < -0.4 is 10.6 Å². The van der Waals surface area contributed by atoms with Crippen molar-refractivity contribution in [2.75, 3.05) is 24.2 Å². The summed E-state index contributed by atoms with van der Waals surface area (Å²) in [5.74, 6) is -5.15. The Balaban J connectivity index is 1.59. The molecule has 2 aliphatic rings. The standard InChI is InChI=1S/C27H27F2N5O4/c1-15(2)11-21(33(4)25(37)23(35)31-20-10-9-16(28)12-18(20)29)24(36)34-14-27(13-22(34)30-3)17-7-5-6-8-19(17)32-26(27)38/h5-10,12,15,21-22H,11,13-14H2,1-2,4H3,(H,31,35)(H,32,38)/t21-,22-,27-/m0/s1. The van der Waals surface area contributed by atoms with E-state index < -0.39 is 47.0 Å². The van der Waals surface area contributed by atoms with Crippen molar-refractivity contribution in [2.45, 2.75) is 44.3 Å². The summed E-state index contributed by atoms with van der Waals surface area (Å²) in [6.45, 7) is 11.3. The van der Waals surface area contributed by atoms with Gasteiger partial charge in [0.05, 0.1) is 12.1 Å². The van der Waals surface area contributed by atoms with Crippen molar-refractivity contribution in [3.8, 4) is 0 Å². The summed E-state index contributed by atoms with van der Waals surface area (Å²) in [5, 5.41) is 4.94. The zero-order valence-corrected chi connectivity index (χ0v) is 21.1. The van der Waals surface area contributed by atoms with Crippen LogP contribution in [0.25, 0.3) is 4.85 Å². The molecule has 2 aromatic carbocycles. The molecule has 0 saturated carbocycles. The Bertz CT molecular complexity index is 1360. The summed E-state index contributed by atoms with van der Waals surface area (Å²) >= 11 is 0.